The van der Waals surface area contributed by atoms with Crippen molar-refractivity contribution in [3.63, 3.8) is 0 Å². The quantitative estimate of drug-likeness (QED) is 0.0794. The Labute approximate surface area is 367 Å². The number of aromatic amines is 2. The van der Waals surface area contributed by atoms with Crippen molar-refractivity contribution in [3.05, 3.63) is 138 Å². The molecule has 64 heavy (non-hydrogen) atoms. The molecule has 0 spiro atoms. The minimum Gasteiger partial charge on any atom is -0.496 e. The zero-order valence-electron chi connectivity index (χ0n) is 35.1. The molecule has 9 rings (SSSR count). The fourth-order valence-electron chi connectivity index (χ4n) is 8.84. The standard InChI is InChI=1S/C48H46N8O8/c1-62-39-24-31(35-27-50-44(52-35)36-15-9-21-55(36)45(57)41(53-47(59)60)28-11-5-3-6-12-28)17-19-33(39)40-25-32-23-30(18-20-38(32)64-40)34-26-49-43(51-34)37-16-10-22-56(37)46(58)42(54-48(61)63-2)29-13-7-4-8-14-29/h3-8,11-14,17-20,23-27,36-37,41-42,53H,9-10,15-16,21-22H2,1-2H3,(H,49,51)(H,50,52)(H,54,61)(H,59,60)/t36-,37-,41+,42+/m0/s1. The zero-order chi connectivity index (χ0) is 44.3. The molecule has 3 aromatic heterocycles. The molecule has 4 aromatic carbocycles. The number of hydrogen-bond donors (Lipinski definition) is 5. The van der Waals surface area contributed by atoms with E-state index < -0.39 is 24.3 Å². The van der Waals surface area contributed by atoms with E-state index in [4.69, 9.17) is 18.9 Å². The number of fused-ring (bicyclic) bond motifs is 1. The highest BCUT2D eigenvalue weighted by Crippen LogP contribution is 2.40. The number of carboxylic acid groups (broad SMARTS) is 1. The van der Waals surface area contributed by atoms with Crippen molar-refractivity contribution in [2.45, 2.75) is 49.9 Å². The molecule has 2 fully saturated rings. The Kier molecular flexibility index (Phi) is 11.6. The highest BCUT2D eigenvalue weighted by Gasteiger charge is 2.38. The van der Waals surface area contributed by atoms with Crippen LogP contribution in [0.15, 0.2) is 120 Å². The first-order valence-electron chi connectivity index (χ1n) is 21.1. The molecule has 5 heterocycles. The molecule has 7 aromatic rings. The van der Waals surface area contributed by atoms with E-state index in [0.29, 0.717) is 65.8 Å². The van der Waals surface area contributed by atoms with Gasteiger partial charge < -0.3 is 49.4 Å². The van der Waals surface area contributed by atoms with E-state index in [1.54, 1.807) is 65.7 Å². The molecule has 0 bridgehead atoms. The Hall–Kier alpha value is -7.88. The van der Waals surface area contributed by atoms with Gasteiger partial charge >= 0.3 is 12.2 Å². The lowest BCUT2D eigenvalue weighted by atomic mass is 10.0. The Morgan fingerprint density at radius 2 is 1.27 bits per heavy atom. The number of aromatic nitrogens is 4. The number of alkyl carbamates (subject to hydrolysis) is 1. The van der Waals surface area contributed by atoms with Crippen LogP contribution in [0.5, 0.6) is 5.75 Å². The molecule has 16 nitrogen and oxygen atoms in total. The molecular formula is C48H46N8O8. The fourth-order valence-corrected chi connectivity index (χ4v) is 8.84. The number of imidazole rings is 2. The number of benzene rings is 4. The van der Waals surface area contributed by atoms with Crippen LogP contribution >= 0.6 is 0 Å². The summed E-state index contributed by atoms with van der Waals surface area (Å²) in [5, 5.41) is 15.5. The minimum atomic E-state index is -1.28. The second-order valence-electron chi connectivity index (χ2n) is 15.8. The number of furan rings is 1. The zero-order valence-corrected chi connectivity index (χ0v) is 35.1. The smallest absolute Gasteiger partial charge is 0.407 e. The number of H-pyrrole nitrogens is 2. The van der Waals surface area contributed by atoms with Crippen molar-refractivity contribution >= 4 is 35.0 Å². The molecule has 4 amide bonds. The van der Waals surface area contributed by atoms with E-state index in [1.165, 1.54) is 7.11 Å². The lowest BCUT2D eigenvalue weighted by Crippen LogP contribution is -2.42. The normalized spacial score (nSPS) is 17.0. The second-order valence-corrected chi connectivity index (χ2v) is 15.8. The van der Waals surface area contributed by atoms with Crippen LogP contribution in [-0.2, 0) is 14.3 Å². The molecular weight excluding hydrogens is 817 g/mol. The molecule has 4 atom stereocenters. The predicted octanol–water partition coefficient (Wildman–Crippen LogP) is 8.32. The first-order chi connectivity index (χ1) is 31.2. The van der Waals surface area contributed by atoms with Gasteiger partial charge in [0.05, 0.1) is 55.6 Å². The van der Waals surface area contributed by atoms with E-state index in [-0.39, 0.29) is 23.9 Å². The van der Waals surface area contributed by atoms with Gasteiger partial charge in [-0.1, -0.05) is 66.7 Å². The largest absolute Gasteiger partial charge is 0.496 e. The summed E-state index contributed by atoms with van der Waals surface area (Å²) in [5.41, 5.74) is 5.88. The van der Waals surface area contributed by atoms with Crippen molar-refractivity contribution in [1.82, 2.24) is 40.4 Å². The SMILES string of the molecule is COC(=O)N[C@@H](C(=O)N1CCC[C@H]1c1ncc(-c2ccc3oc(-c4ccc(-c5cnc([C@@H]6CCCN6C(=O)[C@H](NC(=O)O)c6ccccc6)[nH]5)cc4OC)cc3c2)[nH]1)c1ccccc1. The molecule has 0 radical (unpaired) electrons. The Bertz CT molecular complexity index is 2820. The minimum absolute atomic E-state index is 0.239. The van der Waals surface area contributed by atoms with Crippen LogP contribution in [0.1, 0.15) is 72.6 Å². The van der Waals surface area contributed by atoms with E-state index in [0.717, 1.165) is 46.3 Å². The van der Waals surface area contributed by atoms with Crippen LogP contribution in [0.2, 0.25) is 0 Å². The van der Waals surface area contributed by atoms with Gasteiger partial charge in [0.2, 0.25) is 0 Å². The third kappa shape index (κ3) is 8.24. The van der Waals surface area contributed by atoms with Crippen molar-refractivity contribution in [2.75, 3.05) is 27.3 Å². The average molecular weight is 863 g/mol. The highest BCUT2D eigenvalue weighted by molar-refractivity contribution is 5.90. The van der Waals surface area contributed by atoms with Gasteiger partial charge in [0.1, 0.15) is 40.8 Å². The molecule has 0 unspecified atom stereocenters. The number of hydrogen-bond acceptors (Lipinski definition) is 9. The molecule has 0 aliphatic carbocycles. The van der Waals surface area contributed by atoms with Crippen LogP contribution in [0.4, 0.5) is 9.59 Å². The highest BCUT2D eigenvalue weighted by atomic mass is 16.5. The number of nitrogens with one attached hydrogen (secondary N) is 4. The maximum Gasteiger partial charge on any atom is 0.407 e. The lowest BCUT2D eigenvalue weighted by Gasteiger charge is -2.28. The van der Waals surface area contributed by atoms with Gasteiger partial charge in [0.25, 0.3) is 11.8 Å². The maximum atomic E-state index is 14.0. The maximum absolute atomic E-state index is 14.0. The van der Waals surface area contributed by atoms with Crippen molar-refractivity contribution in [2.24, 2.45) is 0 Å². The molecule has 2 aliphatic heterocycles. The molecule has 5 N–H and O–H groups in total. The Morgan fingerprint density at radius 1 is 0.719 bits per heavy atom. The number of rotatable bonds is 12. The monoisotopic (exact) mass is 862 g/mol. The van der Waals surface area contributed by atoms with Crippen LogP contribution in [-0.4, -0.2) is 86.2 Å². The number of methoxy groups -OCH3 is 2. The van der Waals surface area contributed by atoms with Crippen molar-refractivity contribution < 1.29 is 38.2 Å². The van der Waals surface area contributed by atoms with Gasteiger partial charge in [-0.15, -0.1) is 0 Å². The van der Waals surface area contributed by atoms with E-state index in [1.807, 2.05) is 66.7 Å². The third-order valence-corrected chi connectivity index (χ3v) is 12.0. The average Bonchev–Trinajstić information content (AvgIpc) is 4.19. The number of amides is 4. The van der Waals surface area contributed by atoms with Crippen LogP contribution in [0.25, 0.3) is 44.8 Å². The topological polar surface area (TPSA) is 208 Å². The fraction of sp³-hybridized carbons (Fsp3) is 0.250. The van der Waals surface area contributed by atoms with E-state index in [9.17, 15) is 24.3 Å². The van der Waals surface area contributed by atoms with Crippen molar-refractivity contribution in [1.29, 1.82) is 0 Å². The van der Waals surface area contributed by atoms with Gasteiger partial charge in [-0.2, -0.15) is 0 Å². The number of ether oxygens (including phenoxy) is 2. The molecule has 2 saturated heterocycles. The van der Waals surface area contributed by atoms with Gasteiger partial charge in [-0.3, -0.25) is 9.59 Å². The summed E-state index contributed by atoms with van der Waals surface area (Å²) >= 11 is 0. The van der Waals surface area contributed by atoms with Gasteiger partial charge in [0, 0.05) is 29.6 Å². The number of nitrogens with zero attached hydrogens (tertiary/aromatic N) is 4. The van der Waals surface area contributed by atoms with Crippen LogP contribution in [0, 0.1) is 0 Å². The van der Waals surface area contributed by atoms with Crippen LogP contribution in [0.3, 0.4) is 0 Å². The Balaban J connectivity index is 0.915. The first-order valence-corrected chi connectivity index (χ1v) is 21.1. The predicted molar refractivity (Wildman–Crippen MR) is 236 cm³/mol. The second kappa shape index (κ2) is 17.8. The molecule has 16 heteroatoms. The van der Waals surface area contributed by atoms with Crippen LogP contribution < -0.4 is 15.4 Å². The van der Waals surface area contributed by atoms with Gasteiger partial charge in [-0.25, -0.2) is 19.6 Å². The summed E-state index contributed by atoms with van der Waals surface area (Å²) in [4.78, 5) is 71.5. The molecule has 326 valence electrons. The van der Waals surface area contributed by atoms with E-state index >= 15 is 0 Å². The summed E-state index contributed by atoms with van der Waals surface area (Å²) in [5.74, 6) is 1.90. The third-order valence-electron chi connectivity index (χ3n) is 12.0. The Morgan fingerprint density at radius 3 is 1.81 bits per heavy atom. The number of carbonyl (C=O) groups excluding carboxylic acids is 3. The van der Waals surface area contributed by atoms with Gasteiger partial charge in [-0.05, 0) is 73.2 Å². The number of carbonyl (C=O) groups is 4. The molecule has 2 aliphatic rings. The lowest BCUT2D eigenvalue weighted by molar-refractivity contribution is -0.135. The summed E-state index contributed by atoms with van der Waals surface area (Å²) in [7, 11) is 2.87. The van der Waals surface area contributed by atoms with E-state index in [2.05, 4.69) is 25.6 Å². The summed E-state index contributed by atoms with van der Waals surface area (Å²) in [6.07, 6.45) is 4.46. The molecule has 0 saturated carbocycles. The summed E-state index contributed by atoms with van der Waals surface area (Å²) in [6, 6.07) is 29.0. The summed E-state index contributed by atoms with van der Waals surface area (Å²) < 4.78 is 17.1. The number of likely N-dealkylation sites (tertiary alicyclic amines) is 2. The van der Waals surface area contributed by atoms with Crippen molar-refractivity contribution in [3.8, 4) is 39.6 Å². The van der Waals surface area contributed by atoms with Gasteiger partial charge in [0.15, 0.2) is 0 Å². The first kappa shape index (κ1) is 41.5. The summed E-state index contributed by atoms with van der Waals surface area (Å²) in [6.45, 7) is 1.00.